The molecule has 1 aromatic rings. The molecule has 0 atom stereocenters. The Hall–Kier alpha value is -0.840. The summed E-state index contributed by atoms with van der Waals surface area (Å²) in [5.74, 6) is -1.40. The van der Waals surface area contributed by atoms with Crippen molar-refractivity contribution in [1.29, 1.82) is 0 Å². The zero-order chi connectivity index (χ0) is 9.14. The van der Waals surface area contributed by atoms with E-state index in [-0.39, 0.29) is 40.7 Å². The minimum absolute atomic E-state index is 0. The van der Waals surface area contributed by atoms with Crippen LogP contribution in [-0.2, 0) is 0 Å². The van der Waals surface area contributed by atoms with Crippen molar-refractivity contribution < 1.29 is 44.3 Å². The molecule has 2 N–H and O–H groups in total. The number of nitrogens with two attached hydrogens (primary N) is 1. The van der Waals surface area contributed by atoms with Gasteiger partial charge in [-0.25, -0.2) is 0 Å². The number of carboxylic acids is 1. The van der Waals surface area contributed by atoms with Gasteiger partial charge in [0.2, 0.25) is 0 Å². The van der Waals surface area contributed by atoms with Crippen LogP contribution >= 0.6 is 0 Å². The summed E-state index contributed by atoms with van der Waals surface area (Å²) in [6.07, 6.45) is 0.449. The first kappa shape index (κ1) is 12.2. The van der Waals surface area contributed by atoms with Crippen molar-refractivity contribution in [2.45, 2.75) is 0 Å². The van der Waals surface area contributed by atoms with Gasteiger partial charge in [0, 0.05) is 16.8 Å². The number of carbonyl (C=O) groups excluding carboxylic acids is 2. The largest absolute Gasteiger partial charge is 1.00 e. The van der Waals surface area contributed by atoms with Gasteiger partial charge in [-0.05, 0) is 18.2 Å². The molecule has 0 saturated heterocycles. The van der Waals surface area contributed by atoms with E-state index in [2.05, 4.69) is 0 Å². The normalized spacial score (nSPS) is 8.62. The van der Waals surface area contributed by atoms with Gasteiger partial charge in [-0.3, -0.25) is 4.79 Å². The van der Waals surface area contributed by atoms with Crippen LogP contribution < -0.4 is 40.4 Å². The van der Waals surface area contributed by atoms with E-state index in [0.29, 0.717) is 12.0 Å². The first-order valence-electron chi connectivity index (χ1n) is 3.21. The smallest absolute Gasteiger partial charge is 0.545 e. The molecule has 0 aliphatic carbocycles. The van der Waals surface area contributed by atoms with Crippen molar-refractivity contribution in [2.24, 2.45) is 0 Å². The molecule has 0 aliphatic heterocycles. The molecule has 0 bridgehead atoms. The van der Waals surface area contributed by atoms with Gasteiger partial charge < -0.3 is 15.6 Å². The van der Waals surface area contributed by atoms with Crippen LogP contribution in [0.25, 0.3) is 0 Å². The fourth-order valence-corrected chi connectivity index (χ4v) is 0.853. The summed E-state index contributed by atoms with van der Waals surface area (Å²) < 4.78 is 0. The molecule has 0 amide bonds. The standard InChI is InChI=1S/C8H7NO3.Na/c9-6-2-1-5(4-10)7(3-6)8(11)12;/h1-4H,9H2,(H,11,12);/q;+1/p-1. The van der Waals surface area contributed by atoms with Gasteiger partial charge in [-0.15, -0.1) is 0 Å². The molecule has 0 aromatic heterocycles. The zero-order valence-corrected chi connectivity index (χ0v) is 9.11. The molecular weight excluding hydrogens is 181 g/mol. The Labute approximate surface area is 97.0 Å². The predicted molar refractivity (Wildman–Crippen MR) is 40.6 cm³/mol. The third-order valence-electron chi connectivity index (χ3n) is 1.42. The Kier molecular flexibility index (Phi) is 4.69. The SMILES string of the molecule is Nc1ccc(C=O)c(C(=O)[O-])c1.[Na+]. The van der Waals surface area contributed by atoms with Crippen molar-refractivity contribution in [3.8, 4) is 0 Å². The van der Waals surface area contributed by atoms with E-state index in [1.54, 1.807) is 0 Å². The minimum Gasteiger partial charge on any atom is -0.545 e. The maximum atomic E-state index is 10.4. The molecule has 0 unspecified atom stereocenters. The van der Waals surface area contributed by atoms with Gasteiger partial charge in [0.15, 0.2) is 6.29 Å². The number of anilines is 1. The number of aromatic carboxylic acids is 1. The number of carboxylic acid groups (broad SMARTS) is 1. The topological polar surface area (TPSA) is 83.2 Å². The minimum atomic E-state index is -1.40. The summed E-state index contributed by atoms with van der Waals surface area (Å²) in [6, 6.07) is 3.99. The first-order valence-corrected chi connectivity index (χ1v) is 3.21. The average Bonchev–Trinajstić information content (AvgIpc) is 2.04. The molecule has 4 nitrogen and oxygen atoms in total. The Balaban J connectivity index is 0.00000144. The first-order chi connectivity index (χ1) is 5.65. The summed E-state index contributed by atoms with van der Waals surface area (Å²) in [7, 11) is 0. The maximum absolute atomic E-state index is 10.4. The molecule has 1 rings (SSSR count). The number of nitrogen functional groups attached to an aromatic ring is 1. The molecule has 62 valence electrons. The molecule has 1 aromatic carbocycles. The fourth-order valence-electron chi connectivity index (χ4n) is 0.853. The third-order valence-corrected chi connectivity index (χ3v) is 1.42. The van der Waals surface area contributed by atoms with E-state index in [1.165, 1.54) is 18.2 Å². The van der Waals surface area contributed by atoms with Crippen molar-refractivity contribution >= 4 is 17.9 Å². The van der Waals surface area contributed by atoms with E-state index in [1.807, 2.05) is 0 Å². The summed E-state index contributed by atoms with van der Waals surface area (Å²) in [4.78, 5) is 20.7. The second-order valence-corrected chi connectivity index (χ2v) is 2.25. The van der Waals surface area contributed by atoms with Crippen LogP contribution in [0, 0.1) is 0 Å². The van der Waals surface area contributed by atoms with E-state index in [4.69, 9.17) is 5.73 Å². The van der Waals surface area contributed by atoms with Crippen LogP contribution in [0.15, 0.2) is 18.2 Å². The number of hydrogen-bond donors (Lipinski definition) is 1. The molecule has 0 aliphatic rings. The molecule has 0 heterocycles. The van der Waals surface area contributed by atoms with Gasteiger partial charge in [0.05, 0.1) is 5.97 Å². The third kappa shape index (κ3) is 2.84. The van der Waals surface area contributed by atoms with Gasteiger partial charge >= 0.3 is 29.6 Å². The van der Waals surface area contributed by atoms with Crippen LogP contribution in [-0.4, -0.2) is 12.3 Å². The summed E-state index contributed by atoms with van der Waals surface area (Å²) in [6.45, 7) is 0. The Morgan fingerprint density at radius 3 is 2.54 bits per heavy atom. The van der Waals surface area contributed by atoms with Crippen LogP contribution in [0.4, 0.5) is 5.69 Å². The van der Waals surface area contributed by atoms with Gasteiger partial charge in [-0.2, -0.15) is 0 Å². The van der Waals surface area contributed by atoms with Crippen molar-refractivity contribution in [3.63, 3.8) is 0 Å². The van der Waals surface area contributed by atoms with Gasteiger partial charge in [-0.1, -0.05) is 0 Å². The van der Waals surface area contributed by atoms with E-state index in [0.717, 1.165) is 0 Å². The van der Waals surface area contributed by atoms with Crippen LogP contribution in [0.2, 0.25) is 0 Å². The monoisotopic (exact) mass is 187 g/mol. The quantitative estimate of drug-likeness (QED) is 0.295. The van der Waals surface area contributed by atoms with Crippen LogP contribution in [0.5, 0.6) is 0 Å². The summed E-state index contributed by atoms with van der Waals surface area (Å²) >= 11 is 0. The number of rotatable bonds is 2. The number of hydrogen-bond acceptors (Lipinski definition) is 4. The number of carbonyl (C=O) groups is 2. The summed E-state index contributed by atoms with van der Waals surface area (Å²) in [5.41, 5.74) is 5.50. The fraction of sp³-hybridized carbons (Fsp3) is 0. The Bertz CT molecular complexity index is 338. The van der Waals surface area contributed by atoms with Gasteiger partial charge in [0.1, 0.15) is 0 Å². The number of aldehydes is 1. The Morgan fingerprint density at radius 2 is 2.08 bits per heavy atom. The molecule has 0 spiro atoms. The predicted octanol–water partition coefficient (Wildman–Crippen LogP) is -3.55. The summed E-state index contributed by atoms with van der Waals surface area (Å²) in [5, 5.41) is 10.4. The van der Waals surface area contributed by atoms with Crippen molar-refractivity contribution in [1.82, 2.24) is 0 Å². The second kappa shape index (κ2) is 5.01. The van der Waals surface area contributed by atoms with Gasteiger partial charge in [0.25, 0.3) is 0 Å². The average molecular weight is 187 g/mol. The van der Waals surface area contributed by atoms with E-state index >= 15 is 0 Å². The Morgan fingerprint density at radius 1 is 1.46 bits per heavy atom. The van der Waals surface area contributed by atoms with Crippen molar-refractivity contribution in [3.05, 3.63) is 29.3 Å². The van der Waals surface area contributed by atoms with Crippen LogP contribution in [0.1, 0.15) is 20.7 Å². The molecule has 5 heteroatoms. The molecule has 0 radical (unpaired) electrons. The number of benzene rings is 1. The van der Waals surface area contributed by atoms with E-state index < -0.39 is 5.97 Å². The van der Waals surface area contributed by atoms with Crippen molar-refractivity contribution in [2.75, 3.05) is 5.73 Å². The second-order valence-electron chi connectivity index (χ2n) is 2.25. The van der Waals surface area contributed by atoms with Crippen LogP contribution in [0.3, 0.4) is 0 Å². The maximum Gasteiger partial charge on any atom is 1.00 e. The molecular formula is C8H6NNaO3. The zero-order valence-electron chi connectivity index (χ0n) is 7.11. The molecule has 0 saturated carbocycles. The molecule has 13 heavy (non-hydrogen) atoms. The van der Waals surface area contributed by atoms with E-state index in [9.17, 15) is 14.7 Å². The molecule has 0 fully saturated rings.